The van der Waals surface area contributed by atoms with E-state index in [9.17, 15) is 19.5 Å². The molecule has 2 fully saturated rings. The second-order valence-corrected chi connectivity index (χ2v) is 13.7. The molecule has 10 nitrogen and oxygen atoms in total. The first-order chi connectivity index (χ1) is 25.9. The van der Waals surface area contributed by atoms with Gasteiger partial charge in [0, 0.05) is 57.8 Å². The van der Waals surface area contributed by atoms with Crippen molar-refractivity contribution in [2.24, 2.45) is 0 Å². The molecule has 0 bridgehead atoms. The van der Waals surface area contributed by atoms with Crippen LogP contribution in [0.15, 0.2) is 97.1 Å². The number of carbonyl (C=O) groups is 3. The van der Waals surface area contributed by atoms with Crippen molar-refractivity contribution in [2.45, 2.75) is 38.8 Å². The number of phenols is 1. The number of phenolic OH excluding ortho intramolecular Hbond substituents is 1. The van der Waals surface area contributed by atoms with Crippen molar-refractivity contribution in [1.82, 2.24) is 20.0 Å². The quantitative estimate of drug-likeness (QED) is 0.136. The summed E-state index contributed by atoms with van der Waals surface area (Å²) in [5.41, 5.74) is 7.17. The van der Waals surface area contributed by atoms with Crippen LogP contribution < -0.4 is 14.8 Å². The molecule has 1 unspecified atom stereocenters. The molecule has 0 radical (unpaired) electrons. The van der Waals surface area contributed by atoms with Gasteiger partial charge in [-0.2, -0.15) is 0 Å². The first-order valence-electron chi connectivity index (χ1n) is 18.5. The first-order valence-corrected chi connectivity index (χ1v) is 18.5. The highest BCUT2D eigenvalue weighted by atomic mass is 16.5. The fourth-order valence-electron chi connectivity index (χ4n) is 7.49. The Balaban J connectivity index is 0.858. The molecular formula is C43H46N4O6. The average molecular weight is 715 g/mol. The summed E-state index contributed by atoms with van der Waals surface area (Å²) in [6, 6.07) is 31.0. The predicted octanol–water partition coefficient (Wildman–Crippen LogP) is 5.60. The number of carbonyl (C=O) groups excluding carboxylic acids is 3. The van der Waals surface area contributed by atoms with E-state index in [1.807, 2.05) is 42.5 Å². The maximum atomic E-state index is 13.0. The average Bonchev–Trinajstić information content (AvgIpc) is 3.50. The molecular weight excluding hydrogens is 668 g/mol. The standard InChI is InChI=1S/C43H46N4O6/c1-2-37(30-6-4-3-5-7-30)41(31-8-12-34(48)13-9-31)32-10-14-35(15-11-32)52-26-24-45-20-22-46(23-21-45)25-27-53-36-16-17-38-33(28-36)29-47(43(38)51)39-18-19-40(49)44-42(39)50/h3-17,28,39,48H,2,18-27,29H2,1H3,(H,44,49,50)/b41-37-. The highest BCUT2D eigenvalue weighted by Gasteiger charge is 2.39. The number of hydrogen-bond donors (Lipinski definition) is 2. The van der Waals surface area contributed by atoms with Crippen molar-refractivity contribution in [3.05, 3.63) is 125 Å². The van der Waals surface area contributed by atoms with E-state index in [1.54, 1.807) is 23.1 Å². The van der Waals surface area contributed by atoms with Crippen LogP contribution in [-0.2, 0) is 16.1 Å². The van der Waals surface area contributed by atoms with Crippen LogP contribution in [0.25, 0.3) is 11.1 Å². The van der Waals surface area contributed by atoms with E-state index < -0.39 is 11.9 Å². The molecule has 7 rings (SSSR count). The number of piperazine rings is 1. The minimum atomic E-state index is -0.622. The maximum absolute atomic E-state index is 13.0. The fourth-order valence-corrected chi connectivity index (χ4v) is 7.49. The van der Waals surface area contributed by atoms with Gasteiger partial charge in [0.2, 0.25) is 11.8 Å². The maximum Gasteiger partial charge on any atom is 0.255 e. The van der Waals surface area contributed by atoms with E-state index in [-0.39, 0.29) is 24.0 Å². The van der Waals surface area contributed by atoms with Crippen LogP contribution >= 0.6 is 0 Å². The number of imide groups is 1. The Kier molecular flexibility index (Phi) is 11.2. The van der Waals surface area contributed by atoms with Crippen LogP contribution in [-0.4, -0.2) is 96.1 Å². The van der Waals surface area contributed by atoms with Gasteiger partial charge in [-0.15, -0.1) is 0 Å². The van der Waals surface area contributed by atoms with Crippen molar-refractivity contribution >= 4 is 28.9 Å². The number of hydrogen-bond acceptors (Lipinski definition) is 8. The van der Waals surface area contributed by atoms with Gasteiger partial charge in [-0.05, 0) is 88.7 Å². The number of rotatable bonds is 13. The summed E-state index contributed by atoms with van der Waals surface area (Å²) in [6.07, 6.45) is 1.45. The zero-order chi connectivity index (χ0) is 36.7. The number of nitrogens with one attached hydrogen (secondary N) is 1. The van der Waals surface area contributed by atoms with Gasteiger partial charge in [0.05, 0.1) is 0 Å². The summed E-state index contributed by atoms with van der Waals surface area (Å²) < 4.78 is 12.3. The van der Waals surface area contributed by atoms with Crippen molar-refractivity contribution in [3.63, 3.8) is 0 Å². The monoisotopic (exact) mass is 714 g/mol. The number of nitrogens with zero attached hydrogens (tertiary/aromatic N) is 3. The normalized spacial score (nSPS) is 18.4. The molecule has 2 saturated heterocycles. The highest BCUT2D eigenvalue weighted by molar-refractivity contribution is 6.05. The molecule has 4 aromatic rings. The third kappa shape index (κ3) is 8.45. The van der Waals surface area contributed by atoms with Crippen molar-refractivity contribution in [3.8, 4) is 17.2 Å². The van der Waals surface area contributed by atoms with Gasteiger partial charge in [-0.25, -0.2) is 0 Å². The second-order valence-electron chi connectivity index (χ2n) is 13.7. The van der Waals surface area contributed by atoms with Crippen LogP contribution in [0.1, 0.15) is 58.8 Å². The number of ether oxygens (including phenoxy) is 2. The summed E-state index contributed by atoms with van der Waals surface area (Å²) >= 11 is 0. The molecule has 3 aliphatic heterocycles. The minimum absolute atomic E-state index is 0.180. The molecule has 0 aliphatic carbocycles. The highest BCUT2D eigenvalue weighted by Crippen LogP contribution is 2.36. The lowest BCUT2D eigenvalue weighted by Gasteiger charge is -2.34. The zero-order valence-corrected chi connectivity index (χ0v) is 30.1. The van der Waals surface area contributed by atoms with Crippen LogP contribution in [0.3, 0.4) is 0 Å². The predicted molar refractivity (Wildman–Crippen MR) is 204 cm³/mol. The summed E-state index contributed by atoms with van der Waals surface area (Å²) in [4.78, 5) is 43.2. The van der Waals surface area contributed by atoms with Gasteiger partial charge in [0.25, 0.3) is 5.91 Å². The lowest BCUT2D eigenvalue weighted by Crippen LogP contribution is -2.52. The number of piperidine rings is 1. The first kappa shape index (κ1) is 35.9. The van der Waals surface area contributed by atoms with Crippen LogP contribution in [0, 0.1) is 0 Å². The number of aromatic hydroxyl groups is 1. The molecule has 0 saturated carbocycles. The van der Waals surface area contributed by atoms with Gasteiger partial charge in [0.15, 0.2) is 0 Å². The van der Waals surface area contributed by atoms with Crippen molar-refractivity contribution in [1.29, 1.82) is 0 Å². The lowest BCUT2D eigenvalue weighted by molar-refractivity contribution is -0.136. The van der Waals surface area contributed by atoms with Gasteiger partial charge in [0.1, 0.15) is 36.5 Å². The zero-order valence-electron chi connectivity index (χ0n) is 30.1. The molecule has 10 heteroatoms. The van der Waals surface area contributed by atoms with Crippen LogP contribution in [0.4, 0.5) is 0 Å². The van der Waals surface area contributed by atoms with Gasteiger partial charge < -0.3 is 19.5 Å². The molecule has 0 spiro atoms. The molecule has 3 heterocycles. The Morgan fingerprint density at radius 3 is 1.98 bits per heavy atom. The Morgan fingerprint density at radius 1 is 0.755 bits per heavy atom. The van der Waals surface area contributed by atoms with E-state index in [4.69, 9.17) is 9.47 Å². The molecule has 3 amide bonds. The van der Waals surface area contributed by atoms with Crippen LogP contribution in [0.2, 0.25) is 0 Å². The Hall–Kier alpha value is -5.45. The molecule has 2 N–H and O–H groups in total. The summed E-state index contributed by atoms with van der Waals surface area (Å²) in [6.45, 7) is 9.13. The van der Waals surface area contributed by atoms with E-state index in [2.05, 4.69) is 58.4 Å². The molecule has 4 aromatic carbocycles. The van der Waals surface area contributed by atoms with Crippen molar-refractivity contribution < 1.29 is 29.0 Å². The second kappa shape index (κ2) is 16.5. The molecule has 0 aromatic heterocycles. The van der Waals surface area contributed by atoms with E-state index in [1.165, 1.54) is 11.1 Å². The number of fused-ring (bicyclic) bond motifs is 1. The smallest absolute Gasteiger partial charge is 0.255 e. The largest absolute Gasteiger partial charge is 0.508 e. The molecule has 53 heavy (non-hydrogen) atoms. The third-order valence-electron chi connectivity index (χ3n) is 10.4. The minimum Gasteiger partial charge on any atom is -0.508 e. The van der Waals surface area contributed by atoms with Crippen molar-refractivity contribution in [2.75, 3.05) is 52.5 Å². The topological polar surface area (TPSA) is 112 Å². The number of allylic oxidation sites excluding steroid dienone is 1. The number of amides is 3. The number of benzene rings is 4. The van der Waals surface area contributed by atoms with Gasteiger partial charge in [-0.3, -0.25) is 29.5 Å². The Labute approximate surface area is 310 Å². The Morgan fingerprint density at radius 2 is 1.36 bits per heavy atom. The van der Waals surface area contributed by atoms with Gasteiger partial charge >= 0.3 is 0 Å². The third-order valence-corrected chi connectivity index (χ3v) is 10.4. The molecule has 1 atom stereocenters. The summed E-state index contributed by atoms with van der Waals surface area (Å²) in [7, 11) is 0. The SMILES string of the molecule is CC/C(=C(\c1ccc(O)cc1)c1ccc(OCCN2CCN(CCOc3ccc4c(c3)CN(C3CCC(=O)NC3=O)C4=O)CC2)cc1)c1ccccc1. The summed E-state index contributed by atoms with van der Waals surface area (Å²) in [5, 5.41) is 12.3. The summed E-state index contributed by atoms with van der Waals surface area (Å²) in [5.74, 6) is 0.921. The van der Waals surface area contributed by atoms with E-state index >= 15 is 0 Å². The Bertz CT molecular complexity index is 1950. The van der Waals surface area contributed by atoms with E-state index in [0.717, 1.165) is 73.7 Å². The van der Waals surface area contributed by atoms with E-state index in [0.29, 0.717) is 37.5 Å². The molecule has 274 valence electrons. The van der Waals surface area contributed by atoms with Crippen LogP contribution in [0.5, 0.6) is 17.2 Å². The molecule has 3 aliphatic rings. The lowest BCUT2D eigenvalue weighted by atomic mass is 9.88. The van der Waals surface area contributed by atoms with Gasteiger partial charge in [-0.1, -0.05) is 61.5 Å². The fraction of sp³-hybridized carbons (Fsp3) is 0.326.